The molecule has 3 N–H and O–H groups in total. The van der Waals surface area contributed by atoms with Gasteiger partial charge in [-0.2, -0.15) is 0 Å². The monoisotopic (exact) mass is 352 g/mol. The van der Waals surface area contributed by atoms with E-state index in [0.717, 1.165) is 58.9 Å². The van der Waals surface area contributed by atoms with Crippen molar-refractivity contribution in [2.24, 2.45) is 23.7 Å². The van der Waals surface area contributed by atoms with Gasteiger partial charge in [0, 0.05) is 17.4 Å². The van der Waals surface area contributed by atoms with Crippen LogP contribution in [-0.2, 0) is 6.54 Å². The summed E-state index contributed by atoms with van der Waals surface area (Å²) in [6.07, 6.45) is 7.02. The number of nitrogens with two attached hydrogens (primary N) is 1. The minimum absolute atomic E-state index is 0.424. The van der Waals surface area contributed by atoms with E-state index in [4.69, 9.17) is 4.42 Å². The Hall–Kier alpha value is -1.58. The van der Waals surface area contributed by atoms with Crippen molar-refractivity contribution in [1.82, 2.24) is 0 Å². The highest BCUT2D eigenvalue weighted by molar-refractivity contribution is 5.58. The van der Waals surface area contributed by atoms with E-state index in [1.54, 1.807) is 6.92 Å². The lowest BCUT2D eigenvalue weighted by molar-refractivity contribution is -0.724. The minimum atomic E-state index is -0.424. The van der Waals surface area contributed by atoms with Gasteiger partial charge in [-0.1, -0.05) is 24.3 Å². The number of hydrogen-bond acceptors (Lipinski definition) is 2. The molecule has 4 fully saturated rings. The van der Waals surface area contributed by atoms with Gasteiger partial charge in [-0.05, 0) is 68.6 Å². The molecule has 0 aliphatic heterocycles. The number of benzene rings is 1. The minimum Gasteiger partial charge on any atom is -0.455 e. The van der Waals surface area contributed by atoms with Gasteiger partial charge in [-0.25, -0.2) is 0 Å². The molecule has 3 heteroatoms. The first-order valence-electron chi connectivity index (χ1n) is 10.4. The zero-order valence-electron chi connectivity index (χ0n) is 15.6. The van der Waals surface area contributed by atoms with Crippen LogP contribution in [-0.4, -0.2) is 11.1 Å². The number of aliphatic hydroxyl groups excluding tert-OH is 1. The quantitative estimate of drug-likeness (QED) is 0.858. The van der Waals surface area contributed by atoms with Gasteiger partial charge in [0.15, 0.2) is 5.76 Å². The fourth-order valence-electron chi connectivity index (χ4n) is 6.17. The molecule has 1 aromatic heterocycles. The van der Waals surface area contributed by atoms with Gasteiger partial charge < -0.3 is 14.8 Å². The summed E-state index contributed by atoms with van der Waals surface area (Å²) in [7, 11) is 0. The molecular weight excluding hydrogens is 322 g/mol. The third-order valence-corrected chi connectivity index (χ3v) is 7.23. The van der Waals surface area contributed by atoms with E-state index in [-0.39, 0.29) is 0 Å². The molecular formula is C23H30NO2+. The maximum Gasteiger partial charge on any atom is 0.158 e. The van der Waals surface area contributed by atoms with Gasteiger partial charge in [-0.3, -0.25) is 0 Å². The molecule has 1 aromatic carbocycles. The van der Waals surface area contributed by atoms with Crippen LogP contribution in [0.3, 0.4) is 0 Å². The second kappa shape index (κ2) is 6.54. The fourth-order valence-corrected chi connectivity index (χ4v) is 6.17. The Labute approximate surface area is 155 Å². The highest BCUT2D eigenvalue weighted by Gasteiger charge is 2.50. The molecule has 4 aliphatic carbocycles. The molecule has 1 heterocycles. The van der Waals surface area contributed by atoms with Crippen LogP contribution in [0, 0.1) is 23.7 Å². The normalized spacial score (nSPS) is 33.5. The smallest absolute Gasteiger partial charge is 0.158 e. The van der Waals surface area contributed by atoms with E-state index in [1.165, 1.54) is 32.1 Å². The maximum absolute atomic E-state index is 9.64. The third-order valence-electron chi connectivity index (χ3n) is 7.23. The van der Waals surface area contributed by atoms with E-state index >= 15 is 0 Å². The SMILES string of the molecule is C[C@@H](O)c1ccc(-c2ccc(C[NH2+]C3C4CC5CC(C4)CC3C5)o2)cc1. The maximum atomic E-state index is 9.64. The van der Waals surface area contributed by atoms with Crippen LogP contribution in [0.15, 0.2) is 40.8 Å². The number of aliphatic hydroxyl groups is 1. The van der Waals surface area contributed by atoms with Crippen molar-refractivity contribution >= 4 is 0 Å². The topological polar surface area (TPSA) is 50.0 Å². The summed E-state index contributed by atoms with van der Waals surface area (Å²) in [5.41, 5.74) is 2.02. The van der Waals surface area contributed by atoms with Crippen LogP contribution in [0.2, 0.25) is 0 Å². The molecule has 4 saturated carbocycles. The number of rotatable bonds is 5. The molecule has 138 valence electrons. The molecule has 4 aliphatic rings. The van der Waals surface area contributed by atoms with Gasteiger partial charge in [0.1, 0.15) is 12.3 Å². The van der Waals surface area contributed by atoms with Crippen LogP contribution in [0.4, 0.5) is 0 Å². The van der Waals surface area contributed by atoms with Crippen molar-refractivity contribution in [3.05, 3.63) is 47.7 Å². The van der Waals surface area contributed by atoms with E-state index in [0.29, 0.717) is 0 Å². The first-order valence-corrected chi connectivity index (χ1v) is 10.4. The second-order valence-electron chi connectivity index (χ2n) is 9.01. The van der Waals surface area contributed by atoms with Gasteiger partial charge in [0.25, 0.3) is 0 Å². The molecule has 2 aromatic rings. The predicted octanol–water partition coefficient (Wildman–Crippen LogP) is 3.89. The Morgan fingerprint density at radius 1 is 0.962 bits per heavy atom. The van der Waals surface area contributed by atoms with Crippen molar-refractivity contribution in [3.63, 3.8) is 0 Å². The first kappa shape index (κ1) is 16.6. The summed E-state index contributed by atoms with van der Waals surface area (Å²) >= 11 is 0. The third kappa shape index (κ3) is 3.01. The summed E-state index contributed by atoms with van der Waals surface area (Å²) in [5.74, 6) is 6.00. The molecule has 26 heavy (non-hydrogen) atoms. The largest absolute Gasteiger partial charge is 0.455 e. The Morgan fingerprint density at radius 3 is 2.23 bits per heavy atom. The number of hydrogen-bond donors (Lipinski definition) is 2. The van der Waals surface area contributed by atoms with Gasteiger partial charge in [-0.15, -0.1) is 0 Å². The van der Waals surface area contributed by atoms with Crippen LogP contribution in [0.25, 0.3) is 11.3 Å². The molecule has 1 atom stereocenters. The van der Waals surface area contributed by atoms with Crippen molar-refractivity contribution in [2.75, 3.05) is 0 Å². The Bertz CT molecular complexity index is 733. The standard InChI is InChI=1S/C23H29NO2/c1-14(25)17-2-4-18(5-3-17)22-7-6-21(26-22)13-24-23-19-9-15-8-16(11-19)12-20(23)10-15/h2-7,14-16,19-20,23-25H,8-13H2,1H3/p+1/t14-,15?,16?,19?,20?,23?/m1/s1. The van der Waals surface area contributed by atoms with Crippen LogP contribution in [0.1, 0.15) is 56.5 Å². The van der Waals surface area contributed by atoms with Crippen molar-refractivity contribution < 1.29 is 14.8 Å². The lowest BCUT2D eigenvalue weighted by atomic mass is 9.54. The summed E-state index contributed by atoms with van der Waals surface area (Å²) in [6.45, 7) is 2.75. The van der Waals surface area contributed by atoms with Gasteiger partial charge in [0.05, 0.1) is 12.1 Å². The molecule has 0 unspecified atom stereocenters. The Kier molecular flexibility index (Phi) is 4.17. The van der Waals surface area contributed by atoms with Crippen molar-refractivity contribution in [2.45, 2.75) is 57.7 Å². The fraction of sp³-hybridized carbons (Fsp3) is 0.565. The van der Waals surface area contributed by atoms with Crippen molar-refractivity contribution in [3.8, 4) is 11.3 Å². The first-order chi connectivity index (χ1) is 12.7. The number of quaternary nitrogens is 1. The highest BCUT2D eigenvalue weighted by atomic mass is 16.3. The summed E-state index contributed by atoms with van der Waals surface area (Å²) in [6, 6.07) is 13.0. The summed E-state index contributed by atoms with van der Waals surface area (Å²) < 4.78 is 6.12. The Balaban J connectivity index is 1.23. The van der Waals surface area contributed by atoms with Gasteiger partial charge in [0.2, 0.25) is 0 Å². The van der Waals surface area contributed by atoms with Crippen LogP contribution in [0.5, 0.6) is 0 Å². The van der Waals surface area contributed by atoms with E-state index in [2.05, 4.69) is 17.4 Å². The Morgan fingerprint density at radius 2 is 1.62 bits per heavy atom. The summed E-state index contributed by atoms with van der Waals surface area (Å²) in [4.78, 5) is 0. The lowest BCUT2D eigenvalue weighted by Crippen LogP contribution is -2.93. The summed E-state index contributed by atoms with van der Waals surface area (Å²) in [5, 5.41) is 12.2. The molecule has 6 rings (SSSR count). The van der Waals surface area contributed by atoms with E-state index in [9.17, 15) is 5.11 Å². The van der Waals surface area contributed by atoms with E-state index < -0.39 is 6.10 Å². The van der Waals surface area contributed by atoms with E-state index in [1.807, 2.05) is 24.3 Å². The van der Waals surface area contributed by atoms with Gasteiger partial charge >= 0.3 is 0 Å². The van der Waals surface area contributed by atoms with Crippen LogP contribution < -0.4 is 5.32 Å². The molecule has 0 radical (unpaired) electrons. The molecule has 0 spiro atoms. The molecule has 3 nitrogen and oxygen atoms in total. The second-order valence-corrected chi connectivity index (χ2v) is 9.01. The van der Waals surface area contributed by atoms with Crippen LogP contribution >= 0.6 is 0 Å². The zero-order chi connectivity index (χ0) is 17.7. The lowest BCUT2D eigenvalue weighted by Gasteiger charge is -2.52. The average Bonchev–Trinajstić information content (AvgIpc) is 3.09. The zero-order valence-corrected chi connectivity index (χ0v) is 15.6. The number of furan rings is 1. The molecule has 0 saturated heterocycles. The predicted molar refractivity (Wildman–Crippen MR) is 101 cm³/mol. The highest BCUT2D eigenvalue weighted by Crippen LogP contribution is 2.52. The molecule has 4 bridgehead atoms. The van der Waals surface area contributed by atoms with Crippen molar-refractivity contribution in [1.29, 1.82) is 0 Å². The molecule has 0 amide bonds. The average molecular weight is 352 g/mol.